The van der Waals surface area contributed by atoms with Crippen molar-refractivity contribution in [2.24, 2.45) is 0 Å². The second-order valence-corrected chi connectivity index (χ2v) is 5.96. The van der Waals surface area contributed by atoms with E-state index in [1.807, 2.05) is 24.3 Å². The van der Waals surface area contributed by atoms with E-state index in [0.717, 1.165) is 36.2 Å². The lowest BCUT2D eigenvalue weighted by Gasteiger charge is -2.26. The maximum atomic E-state index is 5.82. The first-order valence-electron chi connectivity index (χ1n) is 7.02. The summed E-state index contributed by atoms with van der Waals surface area (Å²) in [5.74, 6) is 0.928. The first-order chi connectivity index (χ1) is 9.83. The minimum atomic E-state index is 0.412. The minimum Gasteiger partial charge on any atom is -0.494 e. The first-order valence-corrected chi connectivity index (χ1v) is 7.82. The van der Waals surface area contributed by atoms with E-state index in [2.05, 4.69) is 45.5 Å². The predicted octanol–water partition coefficient (Wildman–Crippen LogP) is 4.11. The van der Waals surface area contributed by atoms with Crippen LogP contribution in [0.1, 0.15) is 23.6 Å². The van der Waals surface area contributed by atoms with Crippen LogP contribution in [0.15, 0.2) is 53.0 Å². The van der Waals surface area contributed by atoms with Crippen molar-refractivity contribution in [2.45, 2.75) is 18.9 Å². The maximum absolute atomic E-state index is 5.82. The highest BCUT2D eigenvalue weighted by Crippen LogP contribution is 2.25. The Morgan fingerprint density at radius 3 is 2.75 bits per heavy atom. The molecule has 1 N–H and O–H groups in total. The van der Waals surface area contributed by atoms with Gasteiger partial charge in [-0.05, 0) is 48.4 Å². The molecule has 0 radical (unpaired) electrons. The third kappa shape index (κ3) is 3.22. The summed E-state index contributed by atoms with van der Waals surface area (Å²) < 4.78 is 6.89. The van der Waals surface area contributed by atoms with Crippen molar-refractivity contribution in [3.8, 4) is 5.75 Å². The molecule has 2 aromatic carbocycles. The van der Waals surface area contributed by atoms with Crippen LogP contribution in [0.25, 0.3) is 0 Å². The molecule has 1 aliphatic rings. The number of rotatable bonds is 4. The number of benzene rings is 2. The van der Waals surface area contributed by atoms with Crippen molar-refractivity contribution in [1.82, 2.24) is 5.32 Å². The average molecular weight is 332 g/mol. The van der Waals surface area contributed by atoms with Crippen molar-refractivity contribution in [3.05, 3.63) is 64.1 Å². The van der Waals surface area contributed by atoms with Gasteiger partial charge in [-0.1, -0.05) is 40.2 Å². The molecule has 1 aliphatic heterocycles. The molecule has 0 bridgehead atoms. The van der Waals surface area contributed by atoms with E-state index in [1.165, 1.54) is 11.1 Å². The summed E-state index contributed by atoms with van der Waals surface area (Å²) >= 11 is 3.43. The molecule has 2 aromatic rings. The molecule has 1 atom stereocenters. The van der Waals surface area contributed by atoms with Gasteiger partial charge in [0, 0.05) is 16.9 Å². The second kappa shape index (κ2) is 6.42. The SMILES string of the molecule is Brc1ccc(OCCC2NCCc3ccccc32)cc1. The van der Waals surface area contributed by atoms with E-state index in [-0.39, 0.29) is 0 Å². The molecule has 0 fully saturated rings. The Morgan fingerprint density at radius 2 is 1.90 bits per heavy atom. The first kappa shape index (κ1) is 13.7. The van der Waals surface area contributed by atoms with Crippen LogP contribution in [0.4, 0.5) is 0 Å². The van der Waals surface area contributed by atoms with Crippen molar-refractivity contribution in [2.75, 3.05) is 13.2 Å². The van der Waals surface area contributed by atoms with E-state index in [0.29, 0.717) is 6.04 Å². The summed E-state index contributed by atoms with van der Waals surface area (Å²) in [6, 6.07) is 17.1. The molecule has 1 heterocycles. The molecule has 2 nitrogen and oxygen atoms in total. The van der Waals surface area contributed by atoms with Crippen molar-refractivity contribution < 1.29 is 4.74 Å². The Balaban J connectivity index is 1.58. The average Bonchev–Trinajstić information content (AvgIpc) is 2.49. The van der Waals surface area contributed by atoms with Gasteiger partial charge in [-0.3, -0.25) is 0 Å². The van der Waals surface area contributed by atoms with Gasteiger partial charge in [-0.15, -0.1) is 0 Å². The molecule has 3 rings (SSSR count). The predicted molar refractivity (Wildman–Crippen MR) is 85.1 cm³/mol. The molecule has 0 spiro atoms. The van der Waals surface area contributed by atoms with Gasteiger partial charge < -0.3 is 10.1 Å². The lowest BCUT2D eigenvalue weighted by Crippen LogP contribution is -2.30. The van der Waals surface area contributed by atoms with Crippen LogP contribution in [0.2, 0.25) is 0 Å². The van der Waals surface area contributed by atoms with E-state index < -0.39 is 0 Å². The highest BCUT2D eigenvalue weighted by molar-refractivity contribution is 9.10. The lowest BCUT2D eigenvalue weighted by atomic mass is 9.93. The molecule has 0 saturated carbocycles. The Kier molecular flexibility index (Phi) is 4.38. The zero-order chi connectivity index (χ0) is 13.8. The fourth-order valence-electron chi connectivity index (χ4n) is 2.68. The summed E-state index contributed by atoms with van der Waals surface area (Å²) in [6.07, 6.45) is 2.12. The normalized spacial score (nSPS) is 17.6. The van der Waals surface area contributed by atoms with Gasteiger partial charge in [0.1, 0.15) is 5.75 Å². The number of fused-ring (bicyclic) bond motifs is 1. The third-order valence-electron chi connectivity index (χ3n) is 3.70. The van der Waals surface area contributed by atoms with Gasteiger partial charge in [0.2, 0.25) is 0 Å². The van der Waals surface area contributed by atoms with Crippen LogP contribution >= 0.6 is 15.9 Å². The number of ether oxygens (including phenoxy) is 1. The Hall–Kier alpha value is -1.32. The summed E-state index contributed by atoms with van der Waals surface area (Å²) in [5, 5.41) is 3.58. The molecule has 3 heteroatoms. The van der Waals surface area contributed by atoms with Gasteiger partial charge in [0.25, 0.3) is 0 Å². The molecule has 0 saturated heterocycles. The largest absolute Gasteiger partial charge is 0.494 e. The molecule has 104 valence electrons. The fourth-order valence-corrected chi connectivity index (χ4v) is 2.94. The highest BCUT2D eigenvalue weighted by atomic mass is 79.9. The second-order valence-electron chi connectivity index (χ2n) is 5.05. The van der Waals surface area contributed by atoms with Crippen molar-refractivity contribution in [1.29, 1.82) is 0 Å². The Labute approximate surface area is 128 Å². The van der Waals surface area contributed by atoms with E-state index in [1.54, 1.807) is 0 Å². The van der Waals surface area contributed by atoms with Crippen LogP contribution < -0.4 is 10.1 Å². The van der Waals surface area contributed by atoms with Crippen molar-refractivity contribution in [3.63, 3.8) is 0 Å². The van der Waals surface area contributed by atoms with Crippen LogP contribution in [-0.4, -0.2) is 13.2 Å². The molecule has 20 heavy (non-hydrogen) atoms. The fraction of sp³-hybridized carbons (Fsp3) is 0.294. The molecular formula is C17H18BrNO. The van der Waals surface area contributed by atoms with E-state index in [9.17, 15) is 0 Å². The maximum Gasteiger partial charge on any atom is 0.119 e. The zero-order valence-electron chi connectivity index (χ0n) is 11.3. The van der Waals surface area contributed by atoms with Gasteiger partial charge in [0.15, 0.2) is 0 Å². The molecule has 0 aliphatic carbocycles. The van der Waals surface area contributed by atoms with Crippen LogP contribution in [-0.2, 0) is 6.42 Å². The topological polar surface area (TPSA) is 21.3 Å². The lowest BCUT2D eigenvalue weighted by molar-refractivity contribution is 0.283. The van der Waals surface area contributed by atoms with Gasteiger partial charge in [-0.2, -0.15) is 0 Å². The number of hydrogen-bond donors (Lipinski definition) is 1. The standard InChI is InChI=1S/C17H18BrNO/c18-14-5-7-15(8-6-14)20-12-10-17-16-4-2-1-3-13(16)9-11-19-17/h1-8,17,19H,9-12H2. The molecule has 1 unspecified atom stereocenters. The summed E-state index contributed by atoms with van der Waals surface area (Å²) in [4.78, 5) is 0. The monoisotopic (exact) mass is 331 g/mol. The van der Waals surface area contributed by atoms with Gasteiger partial charge in [-0.25, -0.2) is 0 Å². The summed E-state index contributed by atoms with van der Waals surface area (Å²) in [6.45, 7) is 1.79. The van der Waals surface area contributed by atoms with Gasteiger partial charge >= 0.3 is 0 Å². The van der Waals surface area contributed by atoms with Crippen LogP contribution in [0.5, 0.6) is 5.75 Å². The van der Waals surface area contributed by atoms with Crippen molar-refractivity contribution >= 4 is 15.9 Å². The summed E-state index contributed by atoms with van der Waals surface area (Å²) in [5.41, 5.74) is 2.90. The minimum absolute atomic E-state index is 0.412. The van der Waals surface area contributed by atoms with Gasteiger partial charge in [0.05, 0.1) is 6.61 Å². The third-order valence-corrected chi connectivity index (χ3v) is 4.23. The number of nitrogens with one attached hydrogen (secondary N) is 1. The zero-order valence-corrected chi connectivity index (χ0v) is 12.9. The number of hydrogen-bond acceptors (Lipinski definition) is 2. The van der Waals surface area contributed by atoms with Crippen LogP contribution in [0, 0.1) is 0 Å². The smallest absolute Gasteiger partial charge is 0.119 e. The summed E-state index contributed by atoms with van der Waals surface area (Å²) in [7, 11) is 0. The quantitative estimate of drug-likeness (QED) is 0.910. The Bertz CT molecular complexity index is 567. The highest BCUT2D eigenvalue weighted by Gasteiger charge is 2.18. The van der Waals surface area contributed by atoms with E-state index >= 15 is 0 Å². The Morgan fingerprint density at radius 1 is 1.10 bits per heavy atom. The van der Waals surface area contributed by atoms with E-state index in [4.69, 9.17) is 4.74 Å². The number of halogens is 1. The molecule has 0 amide bonds. The molecule has 0 aromatic heterocycles. The van der Waals surface area contributed by atoms with Crippen LogP contribution in [0.3, 0.4) is 0 Å². The molecular weight excluding hydrogens is 314 g/mol.